The van der Waals surface area contributed by atoms with Crippen molar-refractivity contribution in [3.05, 3.63) is 18.2 Å². The number of piperidine rings is 1. The van der Waals surface area contributed by atoms with Gasteiger partial charge in [0.25, 0.3) is 0 Å². The van der Waals surface area contributed by atoms with Gasteiger partial charge in [0.1, 0.15) is 11.5 Å². The zero-order chi connectivity index (χ0) is 19.5. The number of hydrogen-bond donors (Lipinski definition) is 0. The molecule has 0 atom stereocenters. The van der Waals surface area contributed by atoms with Gasteiger partial charge in [0.15, 0.2) is 0 Å². The molecule has 0 aromatic carbocycles. The van der Waals surface area contributed by atoms with E-state index in [0.717, 1.165) is 37.2 Å². The first-order valence-corrected chi connectivity index (χ1v) is 10.5. The van der Waals surface area contributed by atoms with Gasteiger partial charge < -0.3 is 9.80 Å². The first-order chi connectivity index (χ1) is 13.6. The Balaban J connectivity index is 1.38. The first kappa shape index (κ1) is 19.3. The lowest BCUT2D eigenvalue weighted by Gasteiger charge is -2.39. The van der Waals surface area contributed by atoms with E-state index in [-0.39, 0.29) is 0 Å². The van der Waals surface area contributed by atoms with E-state index in [1.54, 1.807) is 7.05 Å². The molecule has 2 aromatic heterocycles. The summed E-state index contributed by atoms with van der Waals surface area (Å²) in [6, 6.07) is 7.49. The van der Waals surface area contributed by atoms with Crippen LogP contribution in [0.5, 0.6) is 0 Å². The second kappa shape index (κ2) is 8.53. The third kappa shape index (κ3) is 4.33. The largest absolute Gasteiger partial charge is 0.355 e. The molecule has 8 nitrogen and oxygen atoms in total. The highest BCUT2D eigenvalue weighted by atomic mass is 15.6. The van der Waals surface area contributed by atoms with Crippen LogP contribution in [0.1, 0.15) is 33.1 Å². The third-order valence-electron chi connectivity index (χ3n) is 6.07. The fourth-order valence-electron chi connectivity index (χ4n) is 4.41. The lowest BCUT2D eigenvalue weighted by Crippen LogP contribution is -2.47. The summed E-state index contributed by atoms with van der Waals surface area (Å²) < 4.78 is 0. The molecule has 28 heavy (non-hydrogen) atoms. The second-order valence-corrected chi connectivity index (χ2v) is 8.22. The predicted molar refractivity (Wildman–Crippen MR) is 110 cm³/mol. The number of tetrazole rings is 1. The number of rotatable bonds is 4. The minimum Gasteiger partial charge on any atom is -0.355 e. The van der Waals surface area contributed by atoms with Crippen molar-refractivity contribution in [2.75, 3.05) is 44.2 Å². The molecule has 2 aliphatic rings. The van der Waals surface area contributed by atoms with Crippen LogP contribution in [0.4, 0.5) is 5.82 Å². The molecule has 0 spiro atoms. The van der Waals surface area contributed by atoms with E-state index in [0.29, 0.717) is 11.9 Å². The smallest absolute Gasteiger partial charge is 0.223 e. The highest BCUT2D eigenvalue weighted by molar-refractivity contribution is 5.53. The topological polar surface area (TPSA) is 66.2 Å². The van der Waals surface area contributed by atoms with E-state index in [2.05, 4.69) is 50.0 Å². The molecule has 2 saturated heterocycles. The van der Waals surface area contributed by atoms with E-state index < -0.39 is 0 Å². The number of aromatic nitrogens is 5. The Morgan fingerprint density at radius 1 is 1.00 bits per heavy atom. The number of aryl methyl sites for hydroxylation is 1. The zero-order valence-corrected chi connectivity index (χ0v) is 17.3. The Bertz CT molecular complexity index is 765. The van der Waals surface area contributed by atoms with Gasteiger partial charge in [0, 0.05) is 38.3 Å². The van der Waals surface area contributed by atoms with Crippen LogP contribution in [0, 0.1) is 0 Å². The molecule has 2 aromatic rings. The molecule has 152 valence electrons. The SMILES string of the molecule is CC(C)N1CCC(N2CCCN(c3cccc(-c4nnn(C)n4)n3)CC2)CC1. The summed E-state index contributed by atoms with van der Waals surface area (Å²) in [6.07, 6.45) is 3.77. The van der Waals surface area contributed by atoms with Gasteiger partial charge in [-0.2, -0.15) is 4.80 Å². The fraction of sp³-hybridized carbons (Fsp3) is 0.700. The van der Waals surface area contributed by atoms with Crippen LogP contribution < -0.4 is 4.90 Å². The molecule has 0 N–H and O–H groups in total. The van der Waals surface area contributed by atoms with Gasteiger partial charge in [0.05, 0.1) is 7.05 Å². The van der Waals surface area contributed by atoms with Crippen molar-refractivity contribution in [1.82, 2.24) is 35.0 Å². The van der Waals surface area contributed by atoms with E-state index in [1.807, 2.05) is 12.1 Å². The maximum atomic E-state index is 4.81. The average Bonchev–Trinajstić information content (AvgIpc) is 3.00. The summed E-state index contributed by atoms with van der Waals surface area (Å²) in [7, 11) is 1.77. The number of likely N-dealkylation sites (tertiary alicyclic amines) is 1. The van der Waals surface area contributed by atoms with Crippen LogP contribution in [0.3, 0.4) is 0 Å². The summed E-state index contributed by atoms with van der Waals surface area (Å²) >= 11 is 0. The van der Waals surface area contributed by atoms with E-state index in [1.165, 1.54) is 43.7 Å². The molecule has 2 fully saturated rings. The van der Waals surface area contributed by atoms with Crippen LogP contribution in [0.15, 0.2) is 18.2 Å². The van der Waals surface area contributed by atoms with Crippen molar-refractivity contribution in [1.29, 1.82) is 0 Å². The van der Waals surface area contributed by atoms with Gasteiger partial charge in [-0.15, -0.1) is 10.2 Å². The van der Waals surface area contributed by atoms with Crippen LogP contribution in [0.25, 0.3) is 11.5 Å². The van der Waals surface area contributed by atoms with E-state index in [9.17, 15) is 0 Å². The van der Waals surface area contributed by atoms with Crippen molar-refractivity contribution in [3.63, 3.8) is 0 Å². The molecule has 0 amide bonds. The zero-order valence-electron chi connectivity index (χ0n) is 17.3. The van der Waals surface area contributed by atoms with E-state index in [4.69, 9.17) is 4.98 Å². The molecular weight excluding hydrogens is 352 g/mol. The van der Waals surface area contributed by atoms with Gasteiger partial charge in [-0.3, -0.25) is 4.90 Å². The van der Waals surface area contributed by atoms with Gasteiger partial charge >= 0.3 is 0 Å². The quantitative estimate of drug-likeness (QED) is 0.794. The van der Waals surface area contributed by atoms with Gasteiger partial charge in [-0.1, -0.05) is 6.07 Å². The molecule has 2 aliphatic heterocycles. The highest BCUT2D eigenvalue weighted by Gasteiger charge is 2.27. The summed E-state index contributed by atoms with van der Waals surface area (Å²) in [6.45, 7) is 11.5. The standard InChI is InChI=1S/C20H32N8/c1-16(2)26-12-8-17(9-13-26)27-10-5-11-28(15-14-27)19-7-4-6-18(21-19)20-22-24-25(3)23-20/h4,6-7,16-17H,5,8-15H2,1-3H3. The molecule has 4 rings (SSSR count). The highest BCUT2D eigenvalue weighted by Crippen LogP contribution is 2.22. The second-order valence-electron chi connectivity index (χ2n) is 8.22. The Hall–Kier alpha value is -2.06. The van der Waals surface area contributed by atoms with Crippen molar-refractivity contribution in [2.45, 2.75) is 45.2 Å². The fourth-order valence-corrected chi connectivity index (χ4v) is 4.41. The summed E-state index contributed by atoms with van der Waals surface area (Å²) in [4.78, 5) is 14.0. The van der Waals surface area contributed by atoms with Crippen molar-refractivity contribution < 1.29 is 0 Å². The molecule has 0 aliphatic carbocycles. The van der Waals surface area contributed by atoms with Gasteiger partial charge in [-0.05, 0) is 63.5 Å². The lowest BCUT2D eigenvalue weighted by molar-refractivity contribution is 0.0965. The summed E-state index contributed by atoms with van der Waals surface area (Å²) in [5.74, 6) is 1.60. The monoisotopic (exact) mass is 384 g/mol. The molecule has 0 saturated carbocycles. The van der Waals surface area contributed by atoms with Crippen molar-refractivity contribution in [3.8, 4) is 11.5 Å². The normalized spacial score (nSPS) is 20.6. The molecule has 0 radical (unpaired) electrons. The number of hydrogen-bond acceptors (Lipinski definition) is 7. The predicted octanol–water partition coefficient (Wildman–Crippen LogP) is 1.66. The minimum atomic E-state index is 0.581. The first-order valence-electron chi connectivity index (χ1n) is 10.5. The Morgan fingerprint density at radius 2 is 1.82 bits per heavy atom. The summed E-state index contributed by atoms with van der Waals surface area (Å²) in [5.41, 5.74) is 0.785. The Labute approximate surface area is 167 Å². The molecule has 8 heteroatoms. The molecule has 0 bridgehead atoms. The maximum Gasteiger partial charge on any atom is 0.223 e. The number of pyridine rings is 1. The van der Waals surface area contributed by atoms with Crippen LogP contribution in [-0.2, 0) is 7.05 Å². The average molecular weight is 385 g/mol. The molecule has 4 heterocycles. The van der Waals surface area contributed by atoms with Gasteiger partial charge in [0.2, 0.25) is 5.82 Å². The van der Waals surface area contributed by atoms with E-state index >= 15 is 0 Å². The Morgan fingerprint density at radius 3 is 2.54 bits per heavy atom. The Kier molecular flexibility index (Phi) is 5.87. The van der Waals surface area contributed by atoms with Gasteiger partial charge in [-0.25, -0.2) is 4.98 Å². The van der Waals surface area contributed by atoms with Crippen molar-refractivity contribution in [2.24, 2.45) is 7.05 Å². The maximum absolute atomic E-state index is 4.81. The van der Waals surface area contributed by atoms with Crippen molar-refractivity contribution >= 4 is 5.82 Å². The van der Waals surface area contributed by atoms with Crippen LogP contribution >= 0.6 is 0 Å². The van der Waals surface area contributed by atoms with Crippen LogP contribution in [0.2, 0.25) is 0 Å². The molecular formula is C20H32N8. The summed E-state index contributed by atoms with van der Waals surface area (Å²) in [5, 5.41) is 12.3. The number of nitrogens with zero attached hydrogens (tertiary/aromatic N) is 8. The third-order valence-corrected chi connectivity index (χ3v) is 6.07. The number of anilines is 1. The minimum absolute atomic E-state index is 0.581. The molecule has 0 unspecified atom stereocenters. The van der Waals surface area contributed by atoms with Crippen LogP contribution in [-0.4, -0.2) is 86.3 Å². The lowest BCUT2D eigenvalue weighted by atomic mass is 10.0.